The van der Waals surface area contributed by atoms with Gasteiger partial charge in [-0.1, -0.05) is 19.9 Å². The highest BCUT2D eigenvalue weighted by Gasteiger charge is 2.14. The summed E-state index contributed by atoms with van der Waals surface area (Å²) < 4.78 is 5.40. The first-order chi connectivity index (χ1) is 7.59. The lowest BCUT2D eigenvalue weighted by Gasteiger charge is -2.14. The van der Waals surface area contributed by atoms with E-state index in [1.54, 1.807) is 25.3 Å². The summed E-state index contributed by atoms with van der Waals surface area (Å²) in [7, 11) is 0. The van der Waals surface area contributed by atoms with E-state index in [-0.39, 0.29) is 5.91 Å². The van der Waals surface area contributed by atoms with E-state index in [2.05, 4.69) is 10.3 Å². The molecule has 1 atom stereocenters. The van der Waals surface area contributed by atoms with E-state index in [1.807, 2.05) is 19.9 Å². The predicted octanol–water partition coefficient (Wildman–Crippen LogP) is 2.08. The van der Waals surface area contributed by atoms with Crippen LogP contribution < -0.4 is 5.32 Å². The van der Waals surface area contributed by atoms with E-state index in [1.165, 1.54) is 0 Å². The number of hydrogen-bond acceptors (Lipinski definition) is 3. The van der Waals surface area contributed by atoms with E-state index in [0.717, 1.165) is 0 Å². The van der Waals surface area contributed by atoms with Crippen molar-refractivity contribution in [3.05, 3.63) is 24.4 Å². The van der Waals surface area contributed by atoms with Crippen molar-refractivity contribution >= 4 is 11.7 Å². The third kappa shape index (κ3) is 4.40. The minimum atomic E-state index is -0.454. The fraction of sp³-hybridized carbons (Fsp3) is 0.500. The number of ether oxygens (including phenoxy) is 1. The molecule has 0 radical (unpaired) electrons. The lowest BCUT2D eigenvalue weighted by Crippen LogP contribution is -2.29. The predicted molar refractivity (Wildman–Crippen MR) is 63.1 cm³/mol. The Bertz CT molecular complexity index is 325. The average molecular weight is 222 g/mol. The number of pyridine rings is 1. The quantitative estimate of drug-likeness (QED) is 0.829. The Labute approximate surface area is 96.0 Å². The van der Waals surface area contributed by atoms with Crippen LogP contribution in [0.15, 0.2) is 24.4 Å². The summed E-state index contributed by atoms with van der Waals surface area (Å²) in [5.74, 6) is 0.803. The molecule has 1 N–H and O–H groups in total. The lowest BCUT2D eigenvalue weighted by atomic mass is 10.2. The largest absolute Gasteiger partial charge is 0.368 e. The van der Waals surface area contributed by atoms with Gasteiger partial charge < -0.3 is 10.1 Å². The average Bonchev–Trinajstić information content (AvgIpc) is 2.27. The van der Waals surface area contributed by atoms with Gasteiger partial charge >= 0.3 is 0 Å². The van der Waals surface area contributed by atoms with Gasteiger partial charge in [0.1, 0.15) is 11.9 Å². The summed E-state index contributed by atoms with van der Waals surface area (Å²) in [5, 5.41) is 2.69. The van der Waals surface area contributed by atoms with E-state index >= 15 is 0 Å². The van der Waals surface area contributed by atoms with Crippen LogP contribution in [0, 0.1) is 5.92 Å². The molecule has 0 bridgehead atoms. The molecule has 1 amide bonds. The summed E-state index contributed by atoms with van der Waals surface area (Å²) in [4.78, 5) is 15.7. The first kappa shape index (κ1) is 12.6. The molecule has 0 spiro atoms. The number of amides is 1. The van der Waals surface area contributed by atoms with Crippen LogP contribution >= 0.6 is 0 Å². The highest BCUT2D eigenvalue weighted by molar-refractivity contribution is 5.92. The van der Waals surface area contributed by atoms with Crippen LogP contribution in [0.1, 0.15) is 20.8 Å². The molecule has 88 valence electrons. The number of carbonyl (C=O) groups excluding carboxylic acids is 1. The Balaban J connectivity index is 2.40. The molecule has 1 heterocycles. The molecule has 0 aromatic carbocycles. The van der Waals surface area contributed by atoms with Crippen molar-refractivity contribution in [1.82, 2.24) is 4.98 Å². The Morgan fingerprint density at radius 1 is 1.44 bits per heavy atom. The number of nitrogens with zero attached hydrogens (tertiary/aromatic N) is 1. The molecule has 1 aromatic rings. The number of anilines is 1. The number of rotatable bonds is 5. The first-order valence-corrected chi connectivity index (χ1v) is 5.43. The molecule has 0 fully saturated rings. The second kappa shape index (κ2) is 6.23. The Morgan fingerprint density at radius 2 is 2.19 bits per heavy atom. The second-order valence-corrected chi connectivity index (χ2v) is 4.07. The van der Waals surface area contributed by atoms with Crippen molar-refractivity contribution in [2.24, 2.45) is 5.92 Å². The fourth-order valence-corrected chi connectivity index (χ4v) is 1.08. The van der Waals surface area contributed by atoms with Crippen LogP contribution in [-0.2, 0) is 9.53 Å². The molecule has 4 heteroatoms. The van der Waals surface area contributed by atoms with Crippen molar-refractivity contribution in [2.75, 3.05) is 11.9 Å². The molecule has 0 aliphatic heterocycles. The third-order valence-electron chi connectivity index (χ3n) is 1.96. The van der Waals surface area contributed by atoms with Crippen LogP contribution in [0.25, 0.3) is 0 Å². The van der Waals surface area contributed by atoms with Crippen molar-refractivity contribution in [2.45, 2.75) is 26.9 Å². The molecule has 1 rings (SSSR count). The van der Waals surface area contributed by atoms with Gasteiger partial charge in [0, 0.05) is 12.8 Å². The van der Waals surface area contributed by atoms with Crippen molar-refractivity contribution < 1.29 is 9.53 Å². The van der Waals surface area contributed by atoms with E-state index in [4.69, 9.17) is 4.74 Å². The zero-order chi connectivity index (χ0) is 12.0. The standard InChI is InChI=1S/C12H18N2O2/c1-9(2)8-16-10(3)12(15)14-11-6-4-5-7-13-11/h4-7,9-10H,8H2,1-3H3,(H,13,14,15)/t10-/m0/s1. The Kier molecular flexibility index (Phi) is 4.92. The number of nitrogens with one attached hydrogen (secondary N) is 1. The van der Waals surface area contributed by atoms with Crippen molar-refractivity contribution in [3.63, 3.8) is 0 Å². The van der Waals surface area contributed by atoms with Gasteiger partial charge in [0.05, 0.1) is 0 Å². The lowest BCUT2D eigenvalue weighted by molar-refractivity contribution is -0.126. The number of aromatic nitrogens is 1. The summed E-state index contributed by atoms with van der Waals surface area (Å²) in [6.45, 7) is 6.41. The molecular weight excluding hydrogens is 204 g/mol. The Morgan fingerprint density at radius 3 is 2.75 bits per heavy atom. The van der Waals surface area contributed by atoms with Crippen LogP contribution in [0.2, 0.25) is 0 Å². The van der Waals surface area contributed by atoms with Gasteiger partial charge in [0.15, 0.2) is 0 Å². The van der Waals surface area contributed by atoms with Gasteiger partial charge in [-0.25, -0.2) is 4.98 Å². The number of carbonyl (C=O) groups is 1. The second-order valence-electron chi connectivity index (χ2n) is 4.07. The SMILES string of the molecule is CC(C)CO[C@@H](C)C(=O)Nc1ccccn1. The van der Waals surface area contributed by atoms with Gasteiger partial charge in [-0.05, 0) is 25.0 Å². The zero-order valence-corrected chi connectivity index (χ0v) is 9.93. The van der Waals surface area contributed by atoms with Crippen molar-refractivity contribution in [1.29, 1.82) is 0 Å². The summed E-state index contributed by atoms with van der Waals surface area (Å²) in [6.07, 6.45) is 1.18. The fourth-order valence-electron chi connectivity index (χ4n) is 1.08. The highest BCUT2D eigenvalue weighted by Crippen LogP contribution is 2.03. The first-order valence-electron chi connectivity index (χ1n) is 5.43. The molecule has 4 nitrogen and oxygen atoms in total. The van der Waals surface area contributed by atoms with Gasteiger partial charge in [-0.3, -0.25) is 4.79 Å². The normalized spacial score (nSPS) is 12.5. The molecular formula is C12H18N2O2. The highest BCUT2D eigenvalue weighted by atomic mass is 16.5. The molecule has 0 aliphatic rings. The molecule has 0 aliphatic carbocycles. The van der Waals surface area contributed by atoms with Crippen LogP contribution in [0.3, 0.4) is 0 Å². The zero-order valence-electron chi connectivity index (χ0n) is 9.93. The van der Waals surface area contributed by atoms with E-state index in [0.29, 0.717) is 18.3 Å². The van der Waals surface area contributed by atoms with E-state index < -0.39 is 6.10 Å². The Hall–Kier alpha value is -1.42. The number of hydrogen-bond donors (Lipinski definition) is 1. The summed E-state index contributed by atoms with van der Waals surface area (Å²) in [5.41, 5.74) is 0. The molecule has 1 aromatic heterocycles. The smallest absolute Gasteiger partial charge is 0.254 e. The van der Waals surface area contributed by atoms with Gasteiger partial charge in [0.2, 0.25) is 0 Å². The maximum Gasteiger partial charge on any atom is 0.254 e. The maximum absolute atomic E-state index is 11.6. The van der Waals surface area contributed by atoms with Gasteiger partial charge in [-0.15, -0.1) is 0 Å². The van der Waals surface area contributed by atoms with Crippen LogP contribution in [0.5, 0.6) is 0 Å². The summed E-state index contributed by atoms with van der Waals surface area (Å²) >= 11 is 0. The topological polar surface area (TPSA) is 51.2 Å². The monoisotopic (exact) mass is 222 g/mol. The summed E-state index contributed by atoms with van der Waals surface area (Å²) in [6, 6.07) is 5.36. The maximum atomic E-state index is 11.6. The van der Waals surface area contributed by atoms with E-state index in [9.17, 15) is 4.79 Å². The van der Waals surface area contributed by atoms with Crippen molar-refractivity contribution in [3.8, 4) is 0 Å². The van der Waals surface area contributed by atoms with Gasteiger partial charge in [0.25, 0.3) is 5.91 Å². The van der Waals surface area contributed by atoms with Crippen LogP contribution in [0.4, 0.5) is 5.82 Å². The third-order valence-corrected chi connectivity index (χ3v) is 1.96. The minimum Gasteiger partial charge on any atom is -0.368 e. The van der Waals surface area contributed by atoms with Crippen LogP contribution in [-0.4, -0.2) is 23.6 Å². The molecule has 0 saturated carbocycles. The molecule has 0 saturated heterocycles. The minimum absolute atomic E-state index is 0.167. The van der Waals surface area contributed by atoms with Gasteiger partial charge in [-0.2, -0.15) is 0 Å². The molecule has 16 heavy (non-hydrogen) atoms. The molecule has 0 unspecified atom stereocenters.